The molecule has 0 saturated carbocycles. The Hall–Kier alpha value is -4.75. The van der Waals surface area contributed by atoms with Crippen LogP contribution in [0.2, 0.25) is 0 Å². The van der Waals surface area contributed by atoms with Crippen LogP contribution >= 0.6 is 11.3 Å². The van der Waals surface area contributed by atoms with Gasteiger partial charge in [0.2, 0.25) is 5.91 Å². The van der Waals surface area contributed by atoms with Crippen LogP contribution in [-0.2, 0) is 24.3 Å². The first-order valence-electron chi connectivity index (χ1n) is 13.7. The Kier molecular flexibility index (Phi) is 10.6. The second-order valence-electron chi connectivity index (χ2n) is 9.96. The number of aliphatic hydroxyl groups is 1. The van der Waals surface area contributed by atoms with E-state index < -0.39 is 0 Å². The van der Waals surface area contributed by atoms with Gasteiger partial charge in [-0.25, -0.2) is 4.98 Å². The molecule has 0 bridgehead atoms. The van der Waals surface area contributed by atoms with Crippen molar-refractivity contribution in [2.24, 2.45) is 0 Å². The summed E-state index contributed by atoms with van der Waals surface area (Å²) >= 11 is 1.48. The molecule has 0 fully saturated rings. The summed E-state index contributed by atoms with van der Waals surface area (Å²) in [5, 5.41) is 15.4. The molecule has 0 radical (unpaired) electrons. The Labute approximate surface area is 251 Å². The van der Waals surface area contributed by atoms with Crippen molar-refractivity contribution < 1.29 is 14.7 Å². The molecule has 0 spiro atoms. The van der Waals surface area contributed by atoms with Gasteiger partial charge in [-0.3, -0.25) is 9.59 Å². The zero-order valence-corrected chi connectivity index (χ0v) is 24.7. The Morgan fingerprint density at radius 1 is 0.976 bits per heavy atom. The molecule has 3 aromatic carbocycles. The van der Waals surface area contributed by atoms with Crippen LogP contribution in [0.15, 0.2) is 121 Å². The molecule has 4 rings (SSSR count). The fraction of sp³-hybridized carbons (Fsp3) is 0.171. The highest BCUT2D eigenvalue weighted by atomic mass is 32.1. The van der Waals surface area contributed by atoms with E-state index in [0.29, 0.717) is 30.6 Å². The maximum absolute atomic E-state index is 13.4. The zero-order chi connectivity index (χ0) is 29.9. The topological polar surface area (TPSA) is 82.5 Å². The second kappa shape index (κ2) is 14.8. The average molecular weight is 578 g/mol. The second-order valence-corrected chi connectivity index (χ2v) is 10.8. The Balaban J connectivity index is 1.45. The summed E-state index contributed by atoms with van der Waals surface area (Å²) in [6.07, 6.45) is 5.76. The molecule has 4 aromatic rings. The van der Waals surface area contributed by atoms with Crippen LogP contribution in [-0.4, -0.2) is 26.8 Å². The standard InChI is InChI=1S/C35H35N3O3S/c1-4-32(20-12-26(3)39)38(33(40)21-15-27-8-6-5-7-9-27)23-31-24-42-35(37-31)30-18-16-29(17-19-30)34(41)36-22-28-13-10-25(2)11-14-28/h4-14,16-20,24,39H,1,15,21-23H2,2-3H3,(H,36,41)/b26-12+,32-20+. The van der Waals surface area contributed by atoms with Gasteiger partial charge < -0.3 is 15.3 Å². The summed E-state index contributed by atoms with van der Waals surface area (Å²) in [6.45, 7) is 8.22. The maximum Gasteiger partial charge on any atom is 0.251 e. The first-order valence-corrected chi connectivity index (χ1v) is 14.6. The molecule has 0 aliphatic carbocycles. The van der Waals surface area contributed by atoms with Gasteiger partial charge in [0, 0.05) is 35.2 Å². The SMILES string of the molecule is C=C/C(=C\C=C(/C)O)N(Cc1csc(-c2ccc(C(=O)NCc3ccc(C)cc3)cc2)n1)C(=O)CCc1ccccc1. The Bertz CT molecular complexity index is 1570. The monoisotopic (exact) mass is 577 g/mol. The van der Waals surface area contributed by atoms with E-state index in [1.807, 2.05) is 79.0 Å². The lowest BCUT2D eigenvalue weighted by molar-refractivity contribution is -0.129. The predicted molar refractivity (Wildman–Crippen MR) is 170 cm³/mol. The number of hydrogen-bond acceptors (Lipinski definition) is 5. The zero-order valence-electron chi connectivity index (χ0n) is 23.9. The molecule has 1 heterocycles. The van der Waals surface area contributed by atoms with Crippen LogP contribution in [0.4, 0.5) is 0 Å². The molecule has 0 unspecified atom stereocenters. The molecule has 0 atom stereocenters. The Morgan fingerprint density at radius 2 is 1.69 bits per heavy atom. The minimum atomic E-state index is -0.137. The van der Waals surface area contributed by atoms with Gasteiger partial charge >= 0.3 is 0 Å². The van der Waals surface area contributed by atoms with Crippen molar-refractivity contribution in [3.8, 4) is 10.6 Å². The van der Waals surface area contributed by atoms with Crippen molar-refractivity contribution in [3.63, 3.8) is 0 Å². The number of rotatable bonds is 12. The van der Waals surface area contributed by atoms with E-state index in [1.54, 1.807) is 42.2 Å². The van der Waals surface area contributed by atoms with Gasteiger partial charge in [-0.05, 0) is 61.8 Å². The van der Waals surface area contributed by atoms with Crippen LogP contribution in [0, 0.1) is 6.92 Å². The number of aliphatic hydroxyl groups excluding tert-OH is 1. The van der Waals surface area contributed by atoms with Crippen molar-refractivity contribution in [1.82, 2.24) is 15.2 Å². The van der Waals surface area contributed by atoms with Crippen molar-refractivity contribution in [3.05, 3.63) is 148 Å². The molecular weight excluding hydrogens is 542 g/mol. The maximum atomic E-state index is 13.4. The summed E-state index contributed by atoms with van der Waals surface area (Å²) in [7, 11) is 0. The molecule has 1 aromatic heterocycles. The number of aromatic nitrogens is 1. The van der Waals surface area contributed by atoms with Gasteiger partial charge in [0.05, 0.1) is 18.0 Å². The fourth-order valence-electron chi connectivity index (χ4n) is 4.26. The predicted octanol–water partition coefficient (Wildman–Crippen LogP) is 7.54. The largest absolute Gasteiger partial charge is 0.513 e. The molecule has 42 heavy (non-hydrogen) atoms. The van der Waals surface area contributed by atoms with Crippen LogP contribution in [0.1, 0.15) is 46.1 Å². The summed E-state index contributed by atoms with van der Waals surface area (Å²) < 4.78 is 0. The van der Waals surface area contributed by atoms with Gasteiger partial charge in [-0.15, -0.1) is 11.3 Å². The van der Waals surface area contributed by atoms with E-state index in [0.717, 1.165) is 27.4 Å². The van der Waals surface area contributed by atoms with E-state index in [4.69, 9.17) is 4.98 Å². The van der Waals surface area contributed by atoms with Gasteiger partial charge in [-0.2, -0.15) is 0 Å². The number of thiazole rings is 1. The fourth-order valence-corrected chi connectivity index (χ4v) is 5.07. The molecule has 2 amide bonds. The van der Waals surface area contributed by atoms with Crippen LogP contribution in [0.25, 0.3) is 10.6 Å². The van der Waals surface area contributed by atoms with Crippen molar-refractivity contribution in [1.29, 1.82) is 0 Å². The molecule has 214 valence electrons. The van der Waals surface area contributed by atoms with E-state index in [2.05, 4.69) is 11.9 Å². The highest BCUT2D eigenvalue weighted by molar-refractivity contribution is 7.13. The quantitative estimate of drug-likeness (QED) is 0.135. The highest BCUT2D eigenvalue weighted by Crippen LogP contribution is 2.26. The van der Waals surface area contributed by atoms with E-state index >= 15 is 0 Å². The van der Waals surface area contributed by atoms with E-state index in [1.165, 1.54) is 16.9 Å². The van der Waals surface area contributed by atoms with Crippen LogP contribution in [0.3, 0.4) is 0 Å². The summed E-state index contributed by atoms with van der Waals surface area (Å²) in [4.78, 5) is 32.5. The van der Waals surface area contributed by atoms with Gasteiger partial charge in [0.1, 0.15) is 5.01 Å². The summed E-state index contributed by atoms with van der Waals surface area (Å²) in [5.41, 5.74) is 6.10. The number of allylic oxidation sites excluding steroid dienone is 4. The number of nitrogens with zero attached hydrogens (tertiary/aromatic N) is 2. The lowest BCUT2D eigenvalue weighted by atomic mass is 10.1. The normalized spacial score (nSPS) is 11.7. The smallest absolute Gasteiger partial charge is 0.251 e. The van der Waals surface area contributed by atoms with Crippen LogP contribution in [0.5, 0.6) is 0 Å². The number of carbonyl (C=O) groups excluding carboxylic acids is 2. The van der Waals surface area contributed by atoms with E-state index in [9.17, 15) is 14.7 Å². The molecular formula is C35H35N3O3S. The molecule has 0 aliphatic rings. The lowest BCUT2D eigenvalue weighted by Gasteiger charge is -2.23. The first kappa shape index (κ1) is 30.2. The minimum absolute atomic E-state index is 0.0652. The number of hydrogen-bond donors (Lipinski definition) is 2. The number of amides is 2. The number of aryl methyl sites for hydroxylation is 2. The van der Waals surface area contributed by atoms with Gasteiger partial charge in [0.15, 0.2) is 0 Å². The highest BCUT2D eigenvalue weighted by Gasteiger charge is 2.19. The lowest BCUT2D eigenvalue weighted by Crippen LogP contribution is -2.29. The average Bonchev–Trinajstić information content (AvgIpc) is 3.48. The third-order valence-electron chi connectivity index (χ3n) is 6.63. The first-order chi connectivity index (χ1) is 20.3. The Morgan fingerprint density at radius 3 is 2.36 bits per heavy atom. The van der Waals surface area contributed by atoms with Crippen molar-refractivity contribution in [2.45, 2.75) is 39.8 Å². The van der Waals surface area contributed by atoms with Crippen molar-refractivity contribution in [2.75, 3.05) is 0 Å². The minimum Gasteiger partial charge on any atom is -0.513 e. The summed E-state index contributed by atoms with van der Waals surface area (Å²) in [5.74, 6) is -0.0682. The number of carbonyl (C=O) groups is 2. The van der Waals surface area contributed by atoms with E-state index in [-0.39, 0.29) is 24.1 Å². The number of nitrogens with one attached hydrogen (secondary N) is 1. The molecule has 0 saturated heterocycles. The molecule has 0 aliphatic heterocycles. The van der Waals surface area contributed by atoms with Gasteiger partial charge in [0.25, 0.3) is 5.91 Å². The van der Waals surface area contributed by atoms with Crippen LogP contribution < -0.4 is 5.32 Å². The molecule has 2 N–H and O–H groups in total. The van der Waals surface area contributed by atoms with Gasteiger partial charge in [-0.1, -0.05) is 78.9 Å². The van der Waals surface area contributed by atoms with Crippen molar-refractivity contribution >= 4 is 23.2 Å². The third-order valence-corrected chi connectivity index (χ3v) is 7.57. The number of benzene rings is 3. The molecule has 7 heteroatoms. The summed E-state index contributed by atoms with van der Waals surface area (Å²) in [6, 6.07) is 25.3. The third kappa shape index (κ3) is 8.62. The molecule has 6 nitrogen and oxygen atoms in total.